The van der Waals surface area contributed by atoms with Crippen molar-refractivity contribution in [2.24, 2.45) is 0 Å². The van der Waals surface area contributed by atoms with Crippen LogP contribution in [-0.2, 0) is 16.1 Å². The van der Waals surface area contributed by atoms with Gasteiger partial charge in [-0.25, -0.2) is 0 Å². The van der Waals surface area contributed by atoms with Gasteiger partial charge in [-0.15, -0.1) is 0 Å². The van der Waals surface area contributed by atoms with Crippen LogP contribution in [0.4, 0.5) is 5.69 Å². The number of para-hydroxylation sites is 2. The van der Waals surface area contributed by atoms with Crippen molar-refractivity contribution in [2.75, 3.05) is 19.1 Å². The monoisotopic (exact) mass is 542 g/mol. The topological polar surface area (TPSA) is 66.8 Å². The molecule has 5 aliphatic rings. The number of benzene rings is 3. The van der Waals surface area contributed by atoms with E-state index in [4.69, 9.17) is 4.74 Å². The van der Waals surface area contributed by atoms with Crippen LogP contribution in [0.3, 0.4) is 0 Å². The molecule has 1 fully saturated rings. The third kappa shape index (κ3) is 2.82. The van der Waals surface area contributed by atoms with Crippen molar-refractivity contribution in [3.63, 3.8) is 0 Å². The SMILES string of the molecule is CN[C@H]1CC2CC1n1c3c(c4ccccc41)C1=C(C(=O)N(Cc4ccc(OC)cc4)C1=O)C1c4ccccc4N2C31. The van der Waals surface area contributed by atoms with Crippen molar-refractivity contribution >= 4 is 34.0 Å². The maximum absolute atomic E-state index is 14.4. The van der Waals surface area contributed by atoms with Gasteiger partial charge in [0, 0.05) is 45.7 Å². The summed E-state index contributed by atoms with van der Waals surface area (Å²) in [4.78, 5) is 33.0. The fourth-order valence-electron chi connectivity index (χ4n) is 8.68. The van der Waals surface area contributed by atoms with E-state index < -0.39 is 0 Å². The normalized spacial score (nSPS) is 26.9. The Balaban J connectivity index is 1.31. The van der Waals surface area contributed by atoms with Crippen molar-refractivity contribution < 1.29 is 14.3 Å². The van der Waals surface area contributed by atoms with E-state index in [-0.39, 0.29) is 36.4 Å². The number of nitrogens with one attached hydrogen (secondary N) is 1. The molecule has 2 bridgehead atoms. The van der Waals surface area contributed by atoms with Crippen molar-refractivity contribution in [2.45, 2.75) is 49.5 Å². The van der Waals surface area contributed by atoms with Crippen LogP contribution in [0.2, 0.25) is 0 Å². The summed E-state index contributed by atoms with van der Waals surface area (Å²) >= 11 is 0. The number of carbonyl (C=O) groups is 2. The number of anilines is 1. The van der Waals surface area contributed by atoms with Gasteiger partial charge in [0.15, 0.2) is 0 Å². The second kappa shape index (κ2) is 8.10. The van der Waals surface area contributed by atoms with Crippen LogP contribution in [-0.4, -0.2) is 47.5 Å². The molecule has 3 aliphatic heterocycles. The minimum Gasteiger partial charge on any atom is -0.497 e. The van der Waals surface area contributed by atoms with E-state index >= 15 is 0 Å². The predicted molar refractivity (Wildman–Crippen MR) is 157 cm³/mol. The molecule has 1 saturated carbocycles. The van der Waals surface area contributed by atoms with E-state index in [1.165, 1.54) is 16.3 Å². The lowest BCUT2D eigenvalue weighted by atomic mass is 9.76. The zero-order valence-corrected chi connectivity index (χ0v) is 23.0. The molecule has 9 rings (SSSR count). The van der Waals surface area contributed by atoms with Crippen LogP contribution in [0, 0.1) is 0 Å². The Bertz CT molecular complexity index is 1840. The molecule has 1 N–H and O–H groups in total. The summed E-state index contributed by atoms with van der Waals surface area (Å²) in [5, 5.41) is 4.68. The quantitative estimate of drug-likeness (QED) is 0.370. The number of nitrogens with zero attached hydrogens (tertiary/aromatic N) is 3. The van der Waals surface area contributed by atoms with E-state index in [0.29, 0.717) is 23.2 Å². The largest absolute Gasteiger partial charge is 0.497 e. The second-order valence-electron chi connectivity index (χ2n) is 12.0. The van der Waals surface area contributed by atoms with Crippen molar-refractivity contribution in [1.29, 1.82) is 0 Å². The first kappa shape index (κ1) is 23.4. The fourth-order valence-corrected chi connectivity index (χ4v) is 8.68. The summed E-state index contributed by atoms with van der Waals surface area (Å²) in [7, 11) is 3.70. The maximum Gasteiger partial charge on any atom is 0.262 e. The average Bonchev–Trinajstić information content (AvgIpc) is 3.70. The Labute approximate surface area is 238 Å². The number of amides is 2. The number of hydrogen-bond acceptors (Lipinski definition) is 5. The number of carbonyl (C=O) groups excluding carboxylic acids is 2. The van der Waals surface area contributed by atoms with Gasteiger partial charge >= 0.3 is 0 Å². The molecule has 3 aromatic carbocycles. The number of ether oxygens (including phenoxy) is 1. The van der Waals surface area contributed by atoms with Gasteiger partial charge in [-0.3, -0.25) is 14.5 Å². The van der Waals surface area contributed by atoms with Crippen molar-refractivity contribution in [1.82, 2.24) is 14.8 Å². The number of rotatable bonds is 4. The van der Waals surface area contributed by atoms with Crippen LogP contribution < -0.4 is 15.0 Å². The van der Waals surface area contributed by atoms with Crippen molar-refractivity contribution in [3.05, 3.63) is 101 Å². The van der Waals surface area contributed by atoms with Crippen LogP contribution in [0.1, 0.15) is 53.2 Å². The summed E-state index contributed by atoms with van der Waals surface area (Å²) in [5.41, 5.74) is 7.85. The Hall–Kier alpha value is -4.36. The number of imide groups is 1. The standard InChI is InChI=1S/C34H30N4O3/c1-35-23-15-19-16-26(23)38-25-10-6-4-8-22(25)28-30-29(27-21-7-3-5-9-24(21)37(19)31(27)32(28)38)33(39)36(34(30)40)17-18-11-13-20(41-2)14-12-18/h3-14,19,23,26-27,31,35H,15-17H2,1-2H3/t19?,23-,26?,27?,31?/m0/s1. The van der Waals surface area contributed by atoms with E-state index in [2.05, 4.69) is 70.4 Å². The molecule has 1 aromatic heterocycles. The predicted octanol–water partition coefficient (Wildman–Crippen LogP) is 4.94. The Morgan fingerprint density at radius 2 is 1.71 bits per heavy atom. The van der Waals surface area contributed by atoms with Crippen LogP contribution in [0.5, 0.6) is 5.75 Å². The molecule has 0 saturated heterocycles. The molecular weight excluding hydrogens is 512 g/mol. The number of methoxy groups -OCH3 is 1. The molecule has 5 atom stereocenters. The first-order valence-electron chi connectivity index (χ1n) is 14.5. The summed E-state index contributed by atoms with van der Waals surface area (Å²) in [6.07, 6.45) is 2.08. The minimum absolute atomic E-state index is 0.0148. The zero-order chi connectivity index (χ0) is 27.6. The second-order valence-corrected chi connectivity index (χ2v) is 12.0. The highest BCUT2D eigenvalue weighted by Crippen LogP contribution is 2.64. The van der Waals surface area contributed by atoms with Gasteiger partial charge in [-0.1, -0.05) is 48.5 Å². The van der Waals surface area contributed by atoms with Crippen LogP contribution >= 0.6 is 0 Å². The first-order valence-corrected chi connectivity index (χ1v) is 14.5. The van der Waals surface area contributed by atoms with E-state index in [1.807, 2.05) is 24.3 Å². The minimum atomic E-state index is -0.186. The summed E-state index contributed by atoms with van der Waals surface area (Å²) < 4.78 is 7.86. The smallest absolute Gasteiger partial charge is 0.262 e. The molecule has 204 valence electrons. The van der Waals surface area contributed by atoms with Crippen molar-refractivity contribution in [3.8, 4) is 5.75 Å². The van der Waals surface area contributed by atoms with Gasteiger partial charge in [-0.2, -0.15) is 0 Å². The lowest BCUT2D eigenvalue weighted by Crippen LogP contribution is -2.41. The summed E-state index contributed by atoms with van der Waals surface area (Å²) in [6.45, 7) is 0.235. The number of likely N-dealkylation sites (N-methyl/N-ethyl adjacent to an activating group) is 1. The Kier molecular flexibility index (Phi) is 4.62. The third-order valence-corrected chi connectivity index (χ3v) is 10.3. The lowest BCUT2D eigenvalue weighted by Gasteiger charge is -2.38. The third-order valence-electron chi connectivity index (χ3n) is 10.3. The lowest BCUT2D eigenvalue weighted by molar-refractivity contribution is -0.137. The number of hydrogen-bond donors (Lipinski definition) is 1. The molecular formula is C34H30N4O3. The van der Waals surface area contributed by atoms with Gasteiger partial charge in [0.2, 0.25) is 0 Å². The molecule has 41 heavy (non-hydrogen) atoms. The zero-order valence-electron chi connectivity index (χ0n) is 23.0. The van der Waals surface area contributed by atoms with Gasteiger partial charge in [-0.05, 0) is 55.3 Å². The fraction of sp³-hybridized carbons (Fsp3) is 0.294. The molecule has 4 unspecified atom stereocenters. The van der Waals surface area contributed by atoms with E-state index in [0.717, 1.165) is 46.2 Å². The van der Waals surface area contributed by atoms with Gasteiger partial charge in [0.05, 0.1) is 37.0 Å². The number of fused-ring (bicyclic) bond motifs is 12. The highest BCUT2D eigenvalue weighted by Gasteiger charge is 2.59. The molecule has 4 heterocycles. The average molecular weight is 543 g/mol. The van der Waals surface area contributed by atoms with Crippen LogP contribution in [0.25, 0.3) is 16.5 Å². The van der Waals surface area contributed by atoms with Gasteiger partial charge in [0.1, 0.15) is 5.75 Å². The summed E-state index contributed by atoms with van der Waals surface area (Å²) in [5.74, 6) is 0.222. The maximum atomic E-state index is 14.4. The highest BCUT2D eigenvalue weighted by atomic mass is 16.5. The molecule has 7 nitrogen and oxygen atoms in total. The molecule has 2 amide bonds. The highest BCUT2D eigenvalue weighted by molar-refractivity contribution is 6.38. The molecule has 0 radical (unpaired) electrons. The number of aromatic nitrogens is 1. The molecule has 7 heteroatoms. The first-order chi connectivity index (χ1) is 20.1. The van der Waals surface area contributed by atoms with Crippen LogP contribution in [0.15, 0.2) is 78.4 Å². The van der Waals surface area contributed by atoms with Gasteiger partial charge in [0.25, 0.3) is 11.8 Å². The summed E-state index contributed by atoms with van der Waals surface area (Å²) in [6, 6.07) is 25.6. The molecule has 2 aliphatic carbocycles. The van der Waals surface area contributed by atoms with E-state index in [1.54, 1.807) is 7.11 Å². The van der Waals surface area contributed by atoms with E-state index in [9.17, 15) is 9.59 Å². The van der Waals surface area contributed by atoms with Gasteiger partial charge < -0.3 is 19.5 Å². The molecule has 4 aromatic rings. The Morgan fingerprint density at radius 3 is 2.51 bits per heavy atom. The molecule has 0 spiro atoms. The Morgan fingerprint density at radius 1 is 0.927 bits per heavy atom.